The summed E-state index contributed by atoms with van der Waals surface area (Å²) in [7, 11) is 0. The molecule has 0 unspecified atom stereocenters. The number of hydrogen-bond acceptors (Lipinski definition) is 5. The lowest BCUT2D eigenvalue weighted by Crippen LogP contribution is -2.56. The fourth-order valence-corrected chi connectivity index (χ4v) is 5.02. The van der Waals surface area contributed by atoms with Crippen LogP contribution in [0.1, 0.15) is 37.4 Å². The zero-order valence-electron chi connectivity index (χ0n) is 20.6. The molecule has 196 valence electrons. The van der Waals surface area contributed by atoms with Crippen LogP contribution in [0.25, 0.3) is 0 Å². The van der Waals surface area contributed by atoms with Crippen LogP contribution in [-0.4, -0.2) is 55.5 Å². The van der Waals surface area contributed by atoms with E-state index in [1.54, 1.807) is 29.2 Å². The average molecular weight is 538 g/mol. The van der Waals surface area contributed by atoms with Gasteiger partial charge in [0.1, 0.15) is 11.9 Å². The van der Waals surface area contributed by atoms with E-state index in [1.165, 1.54) is 6.07 Å². The Morgan fingerprint density at radius 1 is 1.11 bits per heavy atom. The molecule has 1 aliphatic rings. The molecule has 2 aromatic carbocycles. The van der Waals surface area contributed by atoms with E-state index in [-0.39, 0.29) is 30.7 Å². The summed E-state index contributed by atoms with van der Waals surface area (Å²) < 4.78 is 14.9. The second-order valence-electron chi connectivity index (χ2n) is 9.49. The molecule has 5 N–H and O–H groups in total. The predicted molar refractivity (Wildman–Crippen MR) is 143 cm³/mol. The Morgan fingerprint density at radius 3 is 2.42 bits per heavy atom. The van der Waals surface area contributed by atoms with Crippen LogP contribution in [0.3, 0.4) is 0 Å². The van der Waals surface area contributed by atoms with E-state index >= 15 is 0 Å². The maximum absolute atomic E-state index is 14.9. The summed E-state index contributed by atoms with van der Waals surface area (Å²) in [5, 5.41) is 3.61. The minimum atomic E-state index is -0.838. The summed E-state index contributed by atoms with van der Waals surface area (Å²) in [6.45, 7) is 5.55. The van der Waals surface area contributed by atoms with Crippen LogP contribution in [0.5, 0.6) is 0 Å². The molecule has 0 aromatic heterocycles. The summed E-state index contributed by atoms with van der Waals surface area (Å²) in [6.07, 6.45) is 0.937. The molecule has 1 saturated heterocycles. The van der Waals surface area contributed by atoms with Gasteiger partial charge in [-0.05, 0) is 41.7 Å². The number of para-hydroxylation sites is 1. The third-order valence-corrected chi connectivity index (χ3v) is 6.90. The zero-order chi connectivity index (χ0) is 26.4. The number of carbonyl (C=O) groups excluding carboxylic acids is 2. The Labute approximate surface area is 221 Å². The van der Waals surface area contributed by atoms with Crippen molar-refractivity contribution in [2.24, 2.45) is 17.4 Å². The molecule has 7 nitrogen and oxygen atoms in total. The van der Waals surface area contributed by atoms with Gasteiger partial charge in [-0.15, -0.1) is 0 Å². The van der Waals surface area contributed by atoms with Gasteiger partial charge in [-0.3, -0.25) is 9.59 Å². The van der Waals surface area contributed by atoms with Gasteiger partial charge in [-0.25, -0.2) is 4.39 Å². The minimum absolute atomic E-state index is 0.197. The van der Waals surface area contributed by atoms with Crippen LogP contribution >= 0.6 is 23.2 Å². The van der Waals surface area contributed by atoms with E-state index in [2.05, 4.69) is 19.2 Å². The van der Waals surface area contributed by atoms with Crippen molar-refractivity contribution in [1.29, 1.82) is 0 Å². The van der Waals surface area contributed by atoms with Crippen molar-refractivity contribution in [2.45, 2.75) is 38.8 Å². The van der Waals surface area contributed by atoms with Crippen LogP contribution in [-0.2, 0) is 16.0 Å². The number of rotatable bonds is 9. The van der Waals surface area contributed by atoms with E-state index in [9.17, 15) is 14.0 Å². The molecule has 2 aromatic rings. The third kappa shape index (κ3) is 7.09. The first-order chi connectivity index (χ1) is 17.1. The van der Waals surface area contributed by atoms with Crippen LogP contribution in [0.4, 0.5) is 10.1 Å². The zero-order valence-corrected chi connectivity index (χ0v) is 22.2. The first kappa shape index (κ1) is 28.2. The lowest BCUT2D eigenvalue weighted by molar-refractivity contribution is -0.136. The van der Waals surface area contributed by atoms with Crippen molar-refractivity contribution < 1.29 is 14.0 Å². The van der Waals surface area contributed by atoms with Gasteiger partial charge in [0.05, 0.1) is 12.2 Å². The number of piperazine rings is 1. The number of benzene rings is 2. The Morgan fingerprint density at radius 2 is 1.81 bits per heavy atom. The molecule has 0 saturated carbocycles. The molecule has 36 heavy (non-hydrogen) atoms. The maximum Gasteiger partial charge on any atom is 0.245 e. The summed E-state index contributed by atoms with van der Waals surface area (Å²) in [5.74, 6) is -0.628. The molecular weight excluding hydrogens is 504 g/mol. The monoisotopic (exact) mass is 537 g/mol. The van der Waals surface area contributed by atoms with Gasteiger partial charge < -0.3 is 26.6 Å². The molecule has 0 radical (unpaired) electrons. The normalized spacial score (nSPS) is 15.7. The lowest BCUT2D eigenvalue weighted by atomic mass is 9.95. The number of anilines is 1. The van der Waals surface area contributed by atoms with Gasteiger partial charge in [0.25, 0.3) is 0 Å². The van der Waals surface area contributed by atoms with Crippen molar-refractivity contribution >= 4 is 40.7 Å². The molecule has 3 rings (SSSR count). The molecule has 2 amide bonds. The van der Waals surface area contributed by atoms with Crippen molar-refractivity contribution in [3.63, 3.8) is 0 Å². The van der Waals surface area contributed by atoms with Crippen LogP contribution < -0.4 is 21.7 Å². The smallest absolute Gasteiger partial charge is 0.245 e. The standard InChI is InChI=1S/C26H34Cl2FN5O2/c1-16(2)12-22(31)19-4-3-5-21(29)25(19)33-8-10-34(11-9-33)26(36)23(32-24(35)15-30)13-17-6-7-18(27)14-20(17)28/h3-7,14,16,22-23H,8-13,15,30-31H2,1-2H3,(H,32,35)/t22-,23-/m1/s1. The molecule has 1 heterocycles. The number of carbonyl (C=O) groups is 2. The number of nitrogens with two attached hydrogens (primary N) is 2. The highest BCUT2D eigenvalue weighted by Crippen LogP contribution is 2.32. The number of amides is 2. The first-order valence-electron chi connectivity index (χ1n) is 12.1. The lowest BCUT2D eigenvalue weighted by Gasteiger charge is -2.39. The Balaban J connectivity index is 1.74. The molecule has 1 aliphatic heterocycles. The summed E-state index contributed by atoms with van der Waals surface area (Å²) in [4.78, 5) is 29.1. The van der Waals surface area contributed by atoms with Gasteiger partial charge in [-0.2, -0.15) is 0 Å². The van der Waals surface area contributed by atoms with Gasteiger partial charge in [0.15, 0.2) is 0 Å². The SMILES string of the molecule is CC(C)C[C@@H](N)c1cccc(F)c1N1CCN(C(=O)[C@@H](Cc2ccc(Cl)cc2Cl)NC(=O)CN)CC1. The van der Waals surface area contributed by atoms with E-state index in [1.807, 2.05) is 11.0 Å². The van der Waals surface area contributed by atoms with Crippen molar-refractivity contribution in [3.8, 4) is 0 Å². The highest BCUT2D eigenvalue weighted by molar-refractivity contribution is 6.35. The van der Waals surface area contributed by atoms with Crippen molar-refractivity contribution in [3.05, 3.63) is 63.4 Å². The number of halogens is 3. The number of hydrogen-bond donors (Lipinski definition) is 3. The van der Waals surface area contributed by atoms with Crippen LogP contribution in [0.2, 0.25) is 10.0 Å². The molecule has 1 fully saturated rings. The maximum atomic E-state index is 14.9. The largest absolute Gasteiger partial charge is 0.365 e. The quantitative estimate of drug-likeness (QED) is 0.454. The van der Waals surface area contributed by atoms with Gasteiger partial charge in [0.2, 0.25) is 11.8 Å². The van der Waals surface area contributed by atoms with Gasteiger partial charge >= 0.3 is 0 Å². The van der Waals surface area contributed by atoms with E-state index in [0.29, 0.717) is 53.4 Å². The Hall–Kier alpha value is -2.39. The second-order valence-corrected chi connectivity index (χ2v) is 10.3. The summed E-state index contributed by atoms with van der Waals surface area (Å²) in [6, 6.07) is 8.89. The molecule has 0 aliphatic carbocycles. The minimum Gasteiger partial charge on any atom is -0.365 e. The number of nitrogens with one attached hydrogen (secondary N) is 1. The summed E-state index contributed by atoms with van der Waals surface area (Å²) in [5.41, 5.74) is 13.8. The Kier molecular flexibility index (Phi) is 9.96. The van der Waals surface area contributed by atoms with Crippen molar-refractivity contribution in [2.75, 3.05) is 37.6 Å². The van der Waals surface area contributed by atoms with Crippen molar-refractivity contribution in [1.82, 2.24) is 10.2 Å². The van der Waals surface area contributed by atoms with Crippen LogP contribution in [0.15, 0.2) is 36.4 Å². The highest BCUT2D eigenvalue weighted by atomic mass is 35.5. The molecule has 0 spiro atoms. The van der Waals surface area contributed by atoms with E-state index < -0.39 is 11.9 Å². The van der Waals surface area contributed by atoms with E-state index in [0.717, 1.165) is 12.0 Å². The second kappa shape index (κ2) is 12.7. The predicted octanol–water partition coefficient (Wildman–Crippen LogP) is 3.51. The average Bonchev–Trinajstić information content (AvgIpc) is 2.84. The fourth-order valence-electron chi connectivity index (χ4n) is 4.53. The topological polar surface area (TPSA) is 105 Å². The summed E-state index contributed by atoms with van der Waals surface area (Å²) >= 11 is 12.3. The third-order valence-electron chi connectivity index (χ3n) is 6.31. The van der Waals surface area contributed by atoms with E-state index in [4.69, 9.17) is 34.7 Å². The van der Waals surface area contributed by atoms with Gasteiger partial charge in [0, 0.05) is 48.7 Å². The molecule has 0 bridgehead atoms. The molecular formula is C26H34Cl2FN5O2. The molecule has 10 heteroatoms. The van der Waals surface area contributed by atoms with Gasteiger partial charge in [-0.1, -0.05) is 55.2 Å². The Bertz CT molecular complexity index is 1080. The highest BCUT2D eigenvalue weighted by Gasteiger charge is 2.31. The number of nitrogens with zero attached hydrogens (tertiary/aromatic N) is 2. The molecule has 2 atom stereocenters. The fraction of sp³-hybridized carbons (Fsp3) is 0.462. The first-order valence-corrected chi connectivity index (χ1v) is 12.9. The van der Waals surface area contributed by atoms with Crippen LogP contribution in [0, 0.1) is 11.7 Å².